The van der Waals surface area contributed by atoms with Crippen LogP contribution in [-0.2, 0) is 10.0 Å². The molecule has 5 nitrogen and oxygen atoms in total. The van der Waals surface area contributed by atoms with E-state index in [2.05, 4.69) is 4.72 Å². The van der Waals surface area contributed by atoms with Crippen molar-refractivity contribution in [3.8, 4) is 11.5 Å². The highest BCUT2D eigenvalue weighted by atomic mass is 32.2. The van der Waals surface area contributed by atoms with Crippen molar-refractivity contribution in [1.29, 1.82) is 0 Å². The van der Waals surface area contributed by atoms with Crippen LogP contribution in [0.5, 0.6) is 11.5 Å². The van der Waals surface area contributed by atoms with Gasteiger partial charge in [0.05, 0.1) is 19.1 Å². The Morgan fingerprint density at radius 3 is 2.12 bits per heavy atom. The van der Waals surface area contributed by atoms with E-state index in [0.29, 0.717) is 17.1 Å². The molecule has 2 aromatic rings. The highest BCUT2D eigenvalue weighted by Crippen LogP contribution is 2.32. The first-order valence-corrected chi connectivity index (χ1v) is 10.0. The lowest BCUT2D eigenvalue weighted by Crippen LogP contribution is -2.28. The maximum Gasteiger partial charge on any atom is 0.241 e. The Labute approximate surface area is 156 Å². The van der Waals surface area contributed by atoms with Gasteiger partial charge < -0.3 is 9.47 Å². The number of hydrogen-bond donors (Lipinski definition) is 1. The van der Waals surface area contributed by atoms with Crippen molar-refractivity contribution in [3.05, 3.63) is 53.1 Å². The van der Waals surface area contributed by atoms with Crippen LogP contribution in [0.15, 0.2) is 41.3 Å². The number of benzene rings is 2. The molecule has 1 N–H and O–H groups in total. The second kappa shape index (κ2) is 8.10. The van der Waals surface area contributed by atoms with Crippen LogP contribution >= 0.6 is 0 Å². The van der Waals surface area contributed by atoms with E-state index in [1.165, 1.54) is 0 Å². The maximum atomic E-state index is 13.0. The number of hydrogen-bond acceptors (Lipinski definition) is 4. The molecule has 6 heteroatoms. The van der Waals surface area contributed by atoms with E-state index in [4.69, 9.17) is 9.47 Å². The molecular weight excluding hydrogens is 350 g/mol. The molecule has 0 aliphatic heterocycles. The minimum absolute atomic E-state index is 0.145. The summed E-state index contributed by atoms with van der Waals surface area (Å²) in [7, 11) is -0.539. The number of para-hydroxylation sites is 1. The summed E-state index contributed by atoms with van der Waals surface area (Å²) < 4.78 is 39.5. The summed E-state index contributed by atoms with van der Waals surface area (Å²) in [6.45, 7) is 7.59. The zero-order chi connectivity index (χ0) is 19.5. The highest BCUT2D eigenvalue weighted by molar-refractivity contribution is 7.89. The average molecular weight is 378 g/mol. The molecule has 26 heavy (non-hydrogen) atoms. The van der Waals surface area contributed by atoms with Gasteiger partial charge in [0, 0.05) is 11.6 Å². The number of nitrogens with one attached hydrogen (secondary N) is 1. The first kappa shape index (κ1) is 20.3. The third-order valence-electron chi connectivity index (χ3n) is 4.38. The van der Waals surface area contributed by atoms with Gasteiger partial charge >= 0.3 is 0 Å². The number of methoxy groups -OCH3 is 2. The van der Waals surface area contributed by atoms with E-state index in [1.807, 2.05) is 38.1 Å². The number of sulfonamides is 1. The molecular formula is C20H27NO4S. The normalized spacial score (nSPS) is 12.9. The Bertz CT molecular complexity index is 875. The Morgan fingerprint density at radius 2 is 1.54 bits per heavy atom. The van der Waals surface area contributed by atoms with Crippen LogP contribution in [0, 0.1) is 6.92 Å². The molecule has 2 aromatic carbocycles. The third-order valence-corrected chi connectivity index (χ3v) is 6.06. The fourth-order valence-electron chi connectivity index (χ4n) is 2.98. The van der Waals surface area contributed by atoms with Crippen LogP contribution in [0.4, 0.5) is 0 Å². The van der Waals surface area contributed by atoms with Crippen LogP contribution in [0.1, 0.15) is 49.4 Å². The highest BCUT2D eigenvalue weighted by Gasteiger charge is 2.24. The standard InChI is InChI=1S/C20H27NO4S/c1-13(2)17-12-20(14(3)11-19(17)25-6)26(22,23)21-15(4)16-9-7-8-10-18(16)24-5/h7-13,15,21H,1-6H3/t15-/m0/s1. The molecule has 1 atom stereocenters. The molecule has 0 saturated heterocycles. The van der Waals surface area contributed by atoms with Crippen molar-refractivity contribution in [2.75, 3.05) is 14.2 Å². The van der Waals surface area contributed by atoms with Crippen LogP contribution < -0.4 is 14.2 Å². The molecule has 0 unspecified atom stereocenters. The second-order valence-electron chi connectivity index (χ2n) is 6.60. The second-order valence-corrected chi connectivity index (χ2v) is 8.28. The Morgan fingerprint density at radius 1 is 0.923 bits per heavy atom. The van der Waals surface area contributed by atoms with Gasteiger partial charge in [-0.25, -0.2) is 13.1 Å². The molecule has 0 heterocycles. The van der Waals surface area contributed by atoms with E-state index in [1.54, 1.807) is 40.2 Å². The number of ether oxygens (including phenoxy) is 2. The SMILES string of the molecule is COc1cc(C)c(S(=O)(=O)N[C@@H](C)c2ccccc2OC)cc1C(C)C. The molecule has 0 radical (unpaired) electrons. The monoisotopic (exact) mass is 377 g/mol. The van der Waals surface area contributed by atoms with E-state index in [0.717, 1.165) is 11.1 Å². The lowest BCUT2D eigenvalue weighted by atomic mass is 10.0. The summed E-state index contributed by atoms with van der Waals surface area (Å²) in [5.74, 6) is 1.50. The van der Waals surface area contributed by atoms with Crippen molar-refractivity contribution in [1.82, 2.24) is 4.72 Å². The lowest BCUT2D eigenvalue weighted by Gasteiger charge is -2.20. The summed E-state index contributed by atoms with van der Waals surface area (Å²) >= 11 is 0. The van der Waals surface area contributed by atoms with Gasteiger partial charge in [0.2, 0.25) is 10.0 Å². The van der Waals surface area contributed by atoms with Crippen LogP contribution in [-0.4, -0.2) is 22.6 Å². The zero-order valence-corrected chi connectivity index (χ0v) is 17.0. The van der Waals surface area contributed by atoms with Crippen molar-refractivity contribution >= 4 is 10.0 Å². The van der Waals surface area contributed by atoms with E-state index < -0.39 is 16.1 Å². The minimum atomic E-state index is -3.71. The van der Waals surface area contributed by atoms with E-state index in [9.17, 15) is 8.42 Å². The predicted octanol–water partition coefficient (Wildman–Crippen LogP) is 4.18. The molecule has 0 fully saturated rings. The Kier molecular flexibility index (Phi) is 6.31. The van der Waals surface area contributed by atoms with E-state index >= 15 is 0 Å². The topological polar surface area (TPSA) is 64.6 Å². The summed E-state index contributed by atoms with van der Waals surface area (Å²) in [4.78, 5) is 0.267. The van der Waals surface area contributed by atoms with Gasteiger partial charge in [-0.2, -0.15) is 0 Å². The summed E-state index contributed by atoms with van der Waals surface area (Å²) in [6.07, 6.45) is 0. The predicted molar refractivity (Wildman–Crippen MR) is 104 cm³/mol. The van der Waals surface area contributed by atoms with Gasteiger partial charge in [-0.05, 0) is 49.1 Å². The van der Waals surface area contributed by atoms with Crippen molar-refractivity contribution in [2.45, 2.75) is 44.6 Å². The minimum Gasteiger partial charge on any atom is -0.496 e. The molecule has 0 aliphatic carbocycles. The molecule has 0 spiro atoms. The largest absolute Gasteiger partial charge is 0.496 e. The number of aryl methyl sites for hydroxylation is 1. The van der Waals surface area contributed by atoms with Gasteiger partial charge in [0.1, 0.15) is 11.5 Å². The van der Waals surface area contributed by atoms with Crippen LogP contribution in [0.25, 0.3) is 0 Å². The van der Waals surface area contributed by atoms with Crippen molar-refractivity contribution in [2.24, 2.45) is 0 Å². The smallest absolute Gasteiger partial charge is 0.241 e. The van der Waals surface area contributed by atoms with Gasteiger partial charge in [0.15, 0.2) is 0 Å². The summed E-state index contributed by atoms with van der Waals surface area (Å²) in [5, 5.41) is 0. The molecule has 2 rings (SSSR count). The van der Waals surface area contributed by atoms with Crippen molar-refractivity contribution in [3.63, 3.8) is 0 Å². The van der Waals surface area contributed by atoms with Crippen molar-refractivity contribution < 1.29 is 17.9 Å². The molecule has 0 saturated carbocycles. The average Bonchev–Trinajstić information content (AvgIpc) is 2.60. The lowest BCUT2D eigenvalue weighted by molar-refractivity contribution is 0.405. The quantitative estimate of drug-likeness (QED) is 0.786. The van der Waals surface area contributed by atoms with E-state index in [-0.39, 0.29) is 10.8 Å². The molecule has 0 aromatic heterocycles. The summed E-state index contributed by atoms with van der Waals surface area (Å²) in [6, 6.07) is 10.4. The molecule has 0 amide bonds. The van der Waals surface area contributed by atoms with Gasteiger partial charge in [-0.15, -0.1) is 0 Å². The van der Waals surface area contributed by atoms with Crippen LogP contribution in [0.3, 0.4) is 0 Å². The van der Waals surface area contributed by atoms with Gasteiger partial charge in [0.25, 0.3) is 0 Å². The number of rotatable bonds is 7. The first-order chi connectivity index (χ1) is 12.2. The van der Waals surface area contributed by atoms with Gasteiger partial charge in [-0.1, -0.05) is 32.0 Å². The Balaban J connectivity index is 2.43. The Hall–Kier alpha value is -2.05. The third kappa shape index (κ3) is 4.19. The first-order valence-electron chi connectivity index (χ1n) is 8.55. The van der Waals surface area contributed by atoms with Gasteiger partial charge in [-0.3, -0.25) is 0 Å². The van der Waals surface area contributed by atoms with Crippen LogP contribution in [0.2, 0.25) is 0 Å². The molecule has 0 aliphatic rings. The fraction of sp³-hybridized carbons (Fsp3) is 0.400. The maximum absolute atomic E-state index is 13.0. The summed E-state index contributed by atoms with van der Waals surface area (Å²) in [5.41, 5.74) is 2.29. The zero-order valence-electron chi connectivity index (χ0n) is 16.2. The fourth-order valence-corrected chi connectivity index (χ4v) is 4.46. The molecule has 142 valence electrons. The molecule has 0 bridgehead atoms.